The lowest BCUT2D eigenvalue weighted by atomic mass is 10.1. The molecular formula is C13H13ClN2. The highest BCUT2D eigenvalue weighted by Gasteiger charge is 1.97. The molecule has 0 spiro atoms. The third-order valence-corrected chi connectivity index (χ3v) is 2.71. The highest BCUT2D eigenvalue weighted by Crippen LogP contribution is 2.12. The van der Waals surface area contributed by atoms with Gasteiger partial charge in [-0.1, -0.05) is 23.7 Å². The smallest absolute Gasteiger partial charge is 0.123 e. The standard InChI is InChI=1S/C13H13ClN2/c14-12-5-3-10(4-6-12)1-2-11-7-8-16-13(15)9-11/h3-9H,1-2H2,(H2,15,16). The molecule has 0 aliphatic rings. The number of aryl methyl sites for hydroxylation is 2. The topological polar surface area (TPSA) is 38.9 Å². The number of hydrogen-bond acceptors (Lipinski definition) is 2. The summed E-state index contributed by atoms with van der Waals surface area (Å²) >= 11 is 5.82. The van der Waals surface area contributed by atoms with E-state index in [1.165, 1.54) is 11.1 Å². The number of rotatable bonds is 3. The van der Waals surface area contributed by atoms with Crippen molar-refractivity contribution < 1.29 is 0 Å². The summed E-state index contributed by atoms with van der Waals surface area (Å²) < 4.78 is 0. The number of nitrogens with two attached hydrogens (primary N) is 1. The summed E-state index contributed by atoms with van der Waals surface area (Å²) in [5.74, 6) is 0.577. The van der Waals surface area contributed by atoms with Gasteiger partial charge in [0.2, 0.25) is 0 Å². The summed E-state index contributed by atoms with van der Waals surface area (Å²) in [7, 11) is 0. The zero-order valence-electron chi connectivity index (χ0n) is 8.86. The lowest BCUT2D eigenvalue weighted by molar-refractivity contribution is 0.956. The molecule has 2 aromatic rings. The SMILES string of the molecule is Nc1cc(CCc2ccc(Cl)cc2)ccn1. The molecular weight excluding hydrogens is 220 g/mol. The summed E-state index contributed by atoms with van der Waals surface area (Å²) in [6.45, 7) is 0. The molecule has 0 radical (unpaired) electrons. The molecule has 0 saturated carbocycles. The molecule has 0 saturated heterocycles. The Kier molecular flexibility index (Phi) is 3.42. The maximum absolute atomic E-state index is 5.82. The van der Waals surface area contributed by atoms with Gasteiger partial charge in [0.15, 0.2) is 0 Å². The van der Waals surface area contributed by atoms with E-state index < -0.39 is 0 Å². The molecule has 0 amide bonds. The Morgan fingerprint density at radius 2 is 1.69 bits per heavy atom. The van der Waals surface area contributed by atoms with Crippen LogP contribution < -0.4 is 5.73 Å². The number of nitrogen functional groups attached to an aromatic ring is 1. The van der Waals surface area contributed by atoms with Gasteiger partial charge in [0.05, 0.1) is 0 Å². The van der Waals surface area contributed by atoms with Crippen LogP contribution in [-0.2, 0) is 12.8 Å². The van der Waals surface area contributed by atoms with Crippen LogP contribution in [0.3, 0.4) is 0 Å². The van der Waals surface area contributed by atoms with Crippen molar-refractivity contribution in [2.75, 3.05) is 5.73 Å². The lowest BCUT2D eigenvalue weighted by Crippen LogP contribution is -1.94. The molecule has 0 aliphatic carbocycles. The Hall–Kier alpha value is -1.54. The lowest BCUT2D eigenvalue weighted by Gasteiger charge is -2.02. The van der Waals surface area contributed by atoms with Gasteiger partial charge in [0, 0.05) is 11.2 Å². The first-order valence-corrected chi connectivity index (χ1v) is 5.57. The molecule has 0 atom stereocenters. The summed E-state index contributed by atoms with van der Waals surface area (Å²) in [5, 5.41) is 0.775. The first-order valence-electron chi connectivity index (χ1n) is 5.19. The molecule has 2 nitrogen and oxygen atoms in total. The average molecular weight is 233 g/mol. The number of halogens is 1. The van der Waals surface area contributed by atoms with E-state index in [4.69, 9.17) is 17.3 Å². The van der Waals surface area contributed by atoms with Crippen LogP contribution >= 0.6 is 11.6 Å². The van der Waals surface area contributed by atoms with E-state index in [9.17, 15) is 0 Å². The minimum atomic E-state index is 0.577. The third kappa shape index (κ3) is 2.97. The Morgan fingerprint density at radius 1 is 1.00 bits per heavy atom. The Labute approximate surface area is 100 Å². The molecule has 2 rings (SSSR count). The number of hydrogen-bond donors (Lipinski definition) is 1. The zero-order valence-corrected chi connectivity index (χ0v) is 9.61. The molecule has 0 bridgehead atoms. The van der Waals surface area contributed by atoms with Crippen LogP contribution in [0.25, 0.3) is 0 Å². The van der Waals surface area contributed by atoms with Gasteiger partial charge in [-0.3, -0.25) is 0 Å². The molecule has 2 N–H and O–H groups in total. The van der Waals surface area contributed by atoms with E-state index in [1.54, 1.807) is 6.20 Å². The van der Waals surface area contributed by atoms with E-state index in [1.807, 2.05) is 36.4 Å². The van der Waals surface area contributed by atoms with Crippen molar-refractivity contribution in [3.63, 3.8) is 0 Å². The van der Waals surface area contributed by atoms with Crippen molar-refractivity contribution in [1.29, 1.82) is 0 Å². The van der Waals surface area contributed by atoms with Gasteiger partial charge in [0.25, 0.3) is 0 Å². The van der Waals surface area contributed by atoms with Crippen LogP contribution in [0.5, 0.6) is 0 Å². The fourth-order valence-corrected chi connectivity index (χ4v) is 1.72. The average Bonchev–Trinajstić information content (AvgIpc) is 2.28. The minimum absolute atomic E-state index is 0.577. The number of anilines is 1. The van der Waals surface area contributed by atoms with E-state index in [0.29, 0.717) is 5.82 Å². The first kappa shape index (κ1) is 11.0. The van der Waals surface area contributed by atoms with Crippen molar-refractivity contribution >= 4 is 17.4 Å². The molecule has 0 fully saturated rings. The second-order valence-corrected chi connectivity index (χ2v) is 4.15. The van der Waals surface area contributed by atoms with Gasteiger partial charge < -0.3 is 5.73 Å². The Morgan fingerprint density at radius 3 is 2.38 bits per heavy atom. The van der Waals surface area contributed by atoms with Crippen molar-refractivity contribution in [3.05, 3.63) is 58.7 Å². The van der Waals surface area contributed by atoms with E-state index >= 15 is 0 Å². The summed E-state index contributed by atoms with van der Waals surface area (Å²) in [5.41, 5.74) is 8.11. The van der Waals surface area contributed by atoms with Crippen LogP contribution in [0.15, 0.2) is 42.6 Å². The van der Waals surface area contributed by atoms with Gasteiger partial charge in [0.1, 0.15) is 5.82 Å². The number of pyridine rings is 1. The zero-order chi connectivity index (χ0) is 11.4. The minimum Gasteiger partial charge on any atom is -0.384 e. The molecule has 82 valence electrons. The van der Waals surface area contributed by atoms with Gasteiger partial charge in [-0.05, 0) is 48.2 Å². The fourth-order valence-electron chi connectivity index (χ4n) is 1.59. The van der Waals surface area contributed by atoms with Crippen molar-refractivity contribution in [3.8, 4) is 0 Å². The predicted octanol–water partition coefficient (Wildman–Crippen LogP) is 3.10. The summed E-state index contributed by atoms with van der Waals surface area (Å²) in [6.07, 6.45) is 3.70. The molecule has 1 heterocycles. The van der Waals surface area contributed by atoms with E-state index in [-0.39, 0.29) is 0 Å². The van der Waals surface area contributed by atoms with Crippen molar-refractivity contribution in [2.24, 2.45) is 0 Å². The van der Waals surface area contributed by atoms with Crippen LogP contribution in [-0.4, -0.2) is 4.98 Å². The maximum atomic E-state index is 5.82. The molecule has 16 heavy (non-hydrogen) atoms. The molecule has 3 heteroatoms. The number of benzene rings is 1. The maximum Gasteiger partial charge on any atom is 0.123 e. The second kappa shape index (κ2) is 4.99. The summed E-state index contributed by atoms with van der Waals surface area (Å²) in [6, 6.07) is 11.8. The van der Waals surface area contributed by atoms with Gasteiger partial charge in [-0.15, -0.1) is 0 Å². The van der Waals surface area contributed by atoms with Crippen LogP contribution in [0.4, 0.5) is 5.82 Å². The van der Waals surface area contributed by atoms with Crippen LogP contribution in [0.2, 0.25) is 5.02 Å². The highest BCUT2D eigenvalue weighted by atomic mass is 35.5. The van der Waals surface area contributed by atoms with Crippen molar-refractivity contribution in [2.45, 2.75) is 12.8 Å². The Bertz CT molecular complexity index is 466. The quantitative estimate of drug-likeness (QED) is 0.883. The fraction of sp³-hybridized carbons (Fsp3) is 0.154. The number of aromatic nitrogens is 1. The molecule has 1 aromatic carbocycles. The third-order valence-electron chi connectivity index (χ3n) is 2.46. The predicted molar refractivity (Wildman–Crippen MR) is 67.5 cm³/mol. The largest absolute Gasteiger partial charge is 0.384 e. The second-order valence-electron chi connectivity index (χ2n) is 3.72. The van der Waals surface area contributed by atoms with Gasteiger partial charge in [-0.2, -0.15) is 0 Å². The van der Waals surface area contributed by atoms with Gasteiger partial charge in [-0.25, -0.2) is 4.98 Å². The summed E-state index contributed by atoms with van der Waals surface area (Å²) in [4.78, 5) is 3.97. The molecule has 0 aliphatic heterocycles. The monoisotopic (exact) mass is 232 g/mol. The van der Waals surface area contributed by atoms with Crippen LogP contribution in [0, 0.1) is 0 Å². The molecule has 1 aromatic heterocycles. The molecule has 0 unspecified atom stereocenters. The normalized spacial score (nSPS) is 10.3. The Balaban J connectivity index is 1.99. The highest BCUT2D eigenvalue weighted by molar-refractivity contribution is 6.30. The van der Waals surface area contributed by atoms with Crippen molar-refractivity contribution in [1.82, 2.24) is 4.98 Å². The first-order chi connectivity index (χ1) is 7.74. The van der Waals surface area contributed by atoms with E-state index in [0.717, 1.165) is 17.9 Å². The van der Waals surface area contributed by atoms with Crippen LogP contribution in [0.1, 0.15) is 11.1 Å². The van der Waals surface area contributed by atoms with E-state index in [2.05, 4.69) is 4.98 Å². The van der Waals surface area contributed by atoms with Gasteiger partial charge >= 0.3 is 0 Å². The number of nitrogens with zero attached hydrogens (tertiary/aromatic N) is 1.